The molecule has 1 aliphatic rings. The average Bonchev–Trinajstić information content (AvgIpc) is 2.03. The molecule has 0 spiro atoms. The van der Waals surface area contributed by atoms with Crippen molar-refractivity contribution in [3.8, 4) is 0 Å². The van der Waals surface area contributed by atoms with Crippen molar-refractivity contribution in [2.75, 3.05) is 0 Å². The van der Waals surface area contributed by atoms with Crippen LogP contribution in [0.3, 0.4) is 0 Å². The van der Waals surface area contributed by atoms with E-state index in [1.165, 1.54) is 0 Å². The minimum Gasteiger partial charge on any atom is -0.463 e. The van der Waals surface area contributed by atoms with Crippen LogP contribution in [-0.4, -0.2) is 18.1 Å². The third-order valence-corrected chi connectivity index (χ3v) is 2.40. The van der Waals surface area contributed by atoms with E-state index in [0.29, 0.717) is 0 Å². The largest absolute Gasteiger partial charge is 0.463 e. The smallest absolute Gasteiger partial charge is 0.309 e. The number of hydrogen-bond donors (Lipinski definition) is 1. The van der Waals surface area contributed by atoms with Gasteiger partial charge in [0.1, 0.15) is 0 Å². The zero-order valence-corrected chi connectivity index (χ0v) is 9.68. The fourth-order valence-corrected chi connectivity index (χ4v) is 1.77. The number of rotatable bonds is 2. The Hall–Kier alpha value is -0.280. The third-order valence-electron chi connectivity index (χ3n) is 2.40. The molecule has 0 saturated heterocycles. The Morgan fingerprint density at radius 2 is 2.07 bits per heavy atom. The van der Waals surface area contributed by atoms with Crippen LogP contribution in [0.1, 0.15) is 39.5 Å². The maximum atomic E-state index is 11.5. The summed E-state index contributed by atoms with van der Waals surface area (Å²) in [4.78, 5) is 11.5. The van der Waals surface area contributed by atoms with E-state index < -0.39 is 0 Å². The molecule has 0 aromatic carbocycles. The Kier molecular flexibility index (Phi) is 6.12. The van der Waals surface area contributed by atoms with Crippen molar-refractivity contribution in [3.63, 3.8) is 0 Å². The average molecular weight is 222 g/mol. The first kappa shape index (κ1) is 13.7. The summed E-state index contributed by atoms with van der Waals surface area (Å²) in [5.41, 5.74) is 5.79. The molecule has 2 unspecified atom stereocenters. The molecule has 0 heterocycles. The van der Waals surface area contributed by atoms with Gasteiger partial charge < -0.3 is 10.5 Å². The van der Waals surface area contributed by atoms with Crippen molar-refractivity contribution in [3.05, 3.63) is 0 Å². The Balaban J connectivity index is 0.00000169. The Morgan fingerprint density at radius 3 is 2.57 bits per heavy atom. The Bertz CT molecular complexity index is 185. The SMILES string of the molecule is CC(C)OC(=O)C1CCCC(N)C1.Cl. The maximum absolute atomic E-state index is 11.5. The summed E-state index contributed by atoms with van der Waals surface area (Å²) in [6.07, 6.45) is 3.83. The van der Waals surface area contributed by atoms with Crippen molar-refractivity contribution in [1.82, 2.24) is 0 Å². The Labute approximate surface area is 91.8 Å². The molecule has 1 rings (SSSR count). The summed E-state index contributed by atoms with van der Waals surface area (Å²) in [5, 5.41) is 0. The first-order valence-electron chi connectivity index (χ1n) is 5.05. The molecular formula is C10H20ClNO2. The molecule has 84 valence electrons. The predicted molar refractivity (Wildman–Crippen MR) is 58.4 cm³/mol. The van der Waals surface area contributed by atoms with Crippen LogP contribution < -0.4 is 5.73 Å². The van der Waals surface area contributed by atoms with Crippen molar-refractivity contribution >= 4 is 18.4 Å². The predicted octanol–water partition coefficient (Wildman–Crippen LogP) is 1.88. The van der Waals surface area contributed by atoms with Gasteiger partial charge in [0.25, 0.3) is 0 Å². The van der Waals surface area contributed by atoms with E-state index in [9.17, 15) is 4.79 Å². The third kappa shape index (κ3) is 4.29. The topological polar surface area (TPSA) is 52.3 Å². The van der Waals surface area contributed by atoms with Gasteiger partial charge in [0.15, 0.2) is 0 Å². The van der Waals surface area contributed by atoms with Gasteiger partial charge in [-0.2, -0.15) is 0 Å². The lowest BCUT2D eigenvalue weighted by atomic mass is 9.86. The summed E-state index contributed by atoms with van der Waals surface area (Å²) >= 11 is 0. The highest BCUT2D eigenvalue weighted by Gasteiger charge is 2.26. The van der Waals surface area contributed by atoms with E-state index in [1.54, 1.807) is 0 Å². The number of carbonyl (C=O) groups is 1. The minimum atomic E-state index is -0.0647. The number of nitrogens with two attached hydrogens (primary N) is 1. The number of hydrogen-bond acceptors (Lipinski definition) is 3. The molecule has 0 radical (unpaired) electrons. The summed E-state index contributed by atoms with van der Waals surface area (Å²) in [7, 11) is 0. The molecule has 1 saturated carbocycles. The van der Waals surface area contributed by atoms with Crippen LogP contribution >= 0.6 is 12.4 Å². The minimum absolute atomic E-state index is 0. The van der Waals surface area contributed by atoms with Gasteiger partial charge in [-0.25, -0.2) is 0 Å². The second-order valence-corrected chi connectivity index (χ2v) is 4.11. The molecule has 3 nitrogen and oxygen atoms in total. The molecule has 0 aliphatic heterocycles. The zero-order chi connectivity index (χ0) is 9.84. The number of esters is 1. The van der Waals surface area contributed by atoms with E-state index in [4.69, 9.17) is 10.5 Å². The molecule has 1 fully saturated rings. The van der Waals surface area contributed by atoms with Crippen LogP contribution in [-0.2, 0) is 9.53 Å². The van der Waals surface area contributed by atoms with Gasteiger partial charge in [0, 0.05) is 6.04 Å². The van der Waals surface area contributed by atoms with Crippen LogP contribution in [0.2, 0.25) is 0 Å². The van der Waals surface area contributed by atoms with Crippen molar-refractivity contribution in [2.45, 2.75) is 51.7 Å². The van der Waals surface area contributed by atoms with E-state index in [1.807, 2.05) is 13.8 Å². The summed E-state index contributed by atoms with van der Waals surface area (Å²) in [5.74, 6) is -0.0173. The molecule has 0 amide bonds. The molecule has 4 heteroatoms. The number of halogens is 1. The van der Waals surface area contributed by atoms with Gasteiger partial charge in [-0.15, -0.1) is 12.4 Å². The highest BCUT2D eigenvalue weighted by molar-refractivity contribution is 5.85. The lowest BCUT2D eigenvalue weighted by molar-refractivity contribution is -0.153. The molecule has 2 atom stereocenters. The van der Waals surface area contributed by atoms with Crippen molar-refractivity contribution in [1.29, 1.82) is 0 Å². The standard InChI is InChI=1S/C10H19NO2.ClH/c1-7(2)13-10(12)8-4-3-5-9(11)6-8;/h7-9H,3-6,11H2,1-2H3;1H. The summed E-state index contributed by atoms with van der Waals surface area (Å²) in [6.45, 7) is 3.75. The molecule has 14 heavy (non-hydrogen) atoms. The van der Waals surface area contributed by atoms with Crippen LogP contribution in [0.4, 0.5) is 0 Å². The Morgan fingerprint density at radius 1 is 1.43 bits per heavy atom. The zero-order valence-electron chi connectivity index (χ0n) is 8.86. The summed E-state index contributed by atoms with van der Waals surface area (Å²) in [6, 6.07) is 0.193. The quantitative estimate of drug-likeness (QED) is 0.725. The molecule has 0 bridgehead atoms. The summed E-state index contributed by atoms with van der Waals surface area (Å²) < 4.78 is 5.14. The highest BCUT2D eigenvalue weighted by atomic mass is 35.5. The number of carbonyl (C=O) groups excluding carboxylic acids is 1. The fourth-order valence-electron chi connectivity index (χ4n) is 1.77. The second-order valence-electron chi connectivity index (χ2n) is 4.11. The molecule has 2 N–H and O–H groups in total. The van der Waals surface area contributed by atoms with Gasteiger partial charge in [-0.3, -0.25) is 4.79 Å². The van der Waals surface area contributed by atoms with Gasteiger partial charge in [-0.05, 0) is 33.1 Å². The van der Waals surface area contributed by atoms with Crippen molar-refractivity contribution < 1.29 is 9.53 Å². The normalized spacial score (nSPS) is 26.9. The van der Waals surface area contributed by atoms with Crippen LogP contribution in [0.5, 0.6) is 0 Å². The lowest BCUT2D eigenvalue weighted by Gasteiger charge is -2.25. The maximum Gasteiger partial charge on any atom is 0.309 e. The first-order valence-corrected chi connectivity index (χ1v) is 5.05. The van der Waals surface area contributed by atoms with E-state index in [0.717, 1.165) is 25.7 Å². The lowest BCUT2D eigenvalue weighted by Crippen LogP contribution is -2.33. The van der Waals surface area contributed by atoms with Crippen molar-refractivity contribution in [2.24, 2.45) is 11.7 Å². The van der Waals surface area contributed by atoms with E-state index in [2.05, 4.69) is 0 Å². The van der Waals surface area contributed by atoms with Crippen LogP contribution in [0.25, 0.3) is 0 Å². The number of ether oxygens (including phenoxy) is 1. The molecule has 0 aromatic heterocycles. The molecule has 0 aromatic rings. The first-order chi connectivity index (χ1) is 6.09. The second kappa shape index (κ2) is 6.25. The van der Waals surface area contributed by atoms with Gasteiger partial charge in [0.05, 0.1) is 12.0 Å². The van der Waals surface area contributed by atoms with E-state index in [-0.39, 0.29) is 36.4 Å². The molecular weight excluding hydrogens is 202 g/mol. The molecule has 1 aliphatic carbocycles. The highest BCUT2D eigenvalue weighted by Crippen LogP contribution is 2.24. The monoisotopic (exact) mass is 221 g/mol. The van der Waals surface area contributed by atoms with E-state index >= 15 is 0 Å². The van der Waals surface area contributed by atoms with Gasteiger partial charge >= 0.3 is 5.97 Å². The fraction of sp³-hybridized carbons (Fsp3) is 0.900. The van der Waals surface area contributed by atoms with Crippen LogP contribution in [0.15, 0.2) is 0 Å². The van der Waals surface area contributed by atoms with Gasteiger partial charge in [-0.1, -0.05) is 6.42 Å². The van der Waals surface area contributed by atoms with Crippen LogP contribution in [0, 0.1) is 5.92 Å². The van der Waals surface area contributed by atoms with Gasteiger partial charge in [0.2, 0.25) is 0 Å².